The van der Waals surface area contributed by atoms with Gasteiger partial charge in [0.1, 0.15) is 0 Å². The highest BCUT2D eigenvalue weighted by Crippen LogP contribution is 2.46. The molecule has 1 unspecified atom stereocenters. The first-order valence-electron chi connectivity index (χ1n) is 7.08. The molecule has 2 rings (SSSR count). The first kappa shape index (κ1) is 18.7. The number of thioether (sulfide) groups is 2. The van der Waals surface area contributed by atoms with Gasteiger partial charge in [0.15, 0.2) is 0 Å². The van der Waals surface area contributed by atoms with E-state index in [9.17, 15) is 18.0 Å². The molecule has 0 bridgehead atoms. The molecule has 2 aromatic carbocycles. The monoisotopic (exact) mass is 372 g/mol. The molecule has 2 aromatic rings. The number of carboxylic acids is 1. The zero-order valence-electron chi connectivity index (χ0n) is 12.4. The smallest absolute Gasteiger partial charge is 0.394 e. The number of carboxylic acid groups (broad SMARTS) is 1. The maximum Gasteiger partial charge on any atom is 0.394 e. The van der Waals surface area contributed by atoms with Gasteiger partial charge in [-0.2, -0.15) is 13.2 Å². The summed E-state index contributed by atoms with van der Waals surface area (Å²) in [6.45, 7) is 0. The van der Waals surface area contributed by atoms with E-state index in [0.717, 1.165) is 23.5 Å². The summed E-state index contributed by atoms with van der Waals surface area (Å²) < 4.78 is 39.3. The fourth-order valence-corrected chi connectivity index (χ4v) is 4.86. The van der Waals surface area contributed by atoms with E-state index >= 15 is 0 Å². The Labute approximate surface area is 146 Å². The fraction of sp³-hybridized carbons (Fsp3) is 0.235. The Kier molecular flexibility index (Phi) is 6.62. The largest absolute Gasteiger partial charge is 0.481 e. The van der Waals surface area contributed by atoms with E-state index in [0.29, 0.717) is 9.79 Å². The van der Waals surface area contributed by atoms with Gasteiger partial charge in [0.2, 0.25) is 0 Å². The molecule has 0 heterocycles. The quantitative estimate of drug-likeness (QED) is 0.511. The summed E-state index contributed by atoms with van der Waals surface area (Å²) in [6, 6.07) is 17.4. The molecule has 0 saturated carbocycles. The van der Waals surface area contributed by atoms with Crippen LogP contribution >= 0.6 is 23.5 Å². The van der Waals surface area contributed by atoms with Crippen LogP contribution in [0.25, 0.3) is 0 Å². The van der Waals surface area contributed by atoms with Crippen LogP contribution < -0.4 is 0 Å². The van der Waals surface area contributed by atoms with E-state index in [2.05, 4.69) is 0 Å². The van der Waals surface area contributed by atoms with Crippen LogP contribution in [-0.4, -0.2) is 21.8 Å². The second kappa shape index (κ2) is 8.48. The first-order chi connectivity index (χ1) is 11.4. The molecule has 0 spiro atoms. The molecule has 0 radical (unpaired) electrons. The van der Waals surface area contributed by atoms with Gasteiger partial charge in [-0.1, -0.05) is 36.4 Å². The van der Waals surface area contributed by atoms with E-state index in [-0.39, 0.29) is 0 Å². The Balaban J connectivity index is 2.30. The van der Waals surface area contributed by atoms with Crippen molar-refractivity contribution in [3.05, 3.63) is 60.7 Å². The minimum Gasteiger partial charge on any atom is -0.481 e. The van der Waals surface area contributed by atoms with Crippen molar-refractivity contribution in [2.75, 3.05) is 0 Å². The van der Waals surface area contributed by atoms with Crippen LogP contribution in [0.5, 0.6) is 0 Å². The summed E-state index contributed by atoms with van der Waals surface area (Å²) in [4.78, 5) is 12.3. The number of rotatable bonds is 7. The highest BCUT2D eigenvalue weighted by atomic mass is 32.2. The zero-order valence-corrected chi connectivity index (χ0v) is 14.1. The van der Waals surface area contributed by atoms with E-state index in [4.69, 9.17) is 5.11 Å². The van der Waals surface area contributed by atoms with Crippen molar-refractivity contribution in [3.63, 3.8) is 0 Å². The summed E-state index contributed by atoms with van der Waals surface area (Å²) in [7, 11) is 0. The Bertz CT molecular complexity index is 606. The van der Waals surface area contributed by atoms with Crippen LogP contribution in [0.3, 0.4) is 0 Å². The number of benzene rings is 2. The van der Waals surface area contributed by atoms with Crippen molar-refractivity contribution in [2.24, 2.45) is 5.92 Å². The van der Waals surface area contributed by atoms with E-state index in [1.807, 2.05) is 0 Å². The van der Waals surface area contributed by atoms with Crippen LogP contribution in [0.1, 0.15) is 6.42 Å². The van der Waals surface area contributed by atoms with Gasteiger partial charge in [-0.25, -0.2) is 0 Å². The highest BCUT2D eigenvalue weighted by Gasteiger charge is 2.46. The van der Waals surface area contributed by atoms with Crippen LogP contribution in [0.15, 0.2) is 70.5 Å². The average Bonchev–Trinajstić information content (AvgIpc) is 2.53. The van der Waals surface area contributed by atoms with Crippen molar-refractivity contribution in [1.82, 2.24) is 0 Å². The van der Waals surface area contributed by atoms with Crippen LogP contribution in [0.4, 0.5) is 13.2 Å². The van der Waals surface area contributed by atoms with Crippen molar-refractivity contribution in [1.29, 1.82) is 0 Å². The molecule has 7 heteroatoms. The number of hydrogen-bond acceptors (Lipinski definition) is 3. The lowest BCUT2D eigenvalue weighted by Crippen LogP contribution is -2.32. The van der Waals surface area contributed by atoms with Gasteiger partial charge in [-0.05, 0) is 24.3 Å². The van der Waals surface area contributed by atoms with Crippen molar-refractivity contribution >= 4 is 29.5 Å². The molecule has 0 fully saturated rings. The normalized spacial score (nSPS) is 13.0. The highest BCUT2D eigenvalue weighted by molar-refractivity contribution is 8.17. The van der Waals surface area contributed by atoms with Gasteiger partial charge in [0, 0.05) is 9.79 Å². The Morgan fingerprint density at radius 2 is 1.33 bits per heavy atom. The second-order valence-electron chi connectivity index (χ2n) is 4.98. The molecule has 1 atom stereocenters. The standard InChI is InChI=1S/C17H15F3O2S2/c18-17(19,20)14(11-15(21)22)16(23-12-7-3-1-4-8-12)24-13-9-5-2-6-10-13/h1-10,14,16H,11H2,(H,21,22). The third kappa shape index (κ3) is 5.79. The van der Waals surface area contributed by atoms with Gasteiger partial charge >= 0.3 is 12.1 Å². The molecule has 0 saturated heterocycles. The Hall–Kier alpha value is -1.60. The number of alkyl halides is 3. The summed E-state index contributed by atoms with van der Waals surface area (Å²) in [5, 5.41) is 8.91. The summed E-state index contributed by atoms with van der Waals surface area (Å²) in [6.07, 6.45) is -5.54. The lowest BCUT2D eigenvalue weighted by atomic mass is 10.1. The molecule has 0 aromatic heterocycles. The van der Waals surface area contributed by atoms with Crippen LogP contribution in [-0.2, 0) is 4.79 Å². The zero-order chi connectivity index (χ0) is 17.6. The Morgan fingerprint density at radius 3 is 1.67 bits per heavy atom. The fourth-order valence-electron chi connectivity index (χ4n) is 2.01. The predicted molar refractivity (Wildman–Crippen MR) is 90.2 cm³/mol. The van der Waals surface area contributed by atoms with E-state index in [1.54, 1.807) is 60.7 Å². The van der Waals surface area contributed by atoms with Crippen LogP contribution in [0.2, 0.25) is 0 Å². The molecular weight excluding hydrogens is 357 g/mol. The summed E-state index contributed by atoms with van der Waals surface area (Å²) in [5.41, 5.74) is 0. The molecular formula is C17H15F3O2S2. The molecule has 1 N–H and O–H groups in total. The lowest BCUT2D eigenvalue weighted by molar-refractivity contribution is -0.178. The number of hydrogen-bond donors (Lipinski definition) is 1. The van der Waals surface area contributed by atoms with E-state index < -0.39 is 29.1 Å². The molecule has 0 aliphatic carbocycles. The third-order valence-corrected chi connectivity index (χ3v) is 5.92. The van der Waals surface area contributed by atoms with Gasteiger partial charge in [0.05, 0.1) is 16.9 Å². The number of halogens is 3. The lowest BCUT2D eigenvalue weighted by Gasteiger charge is -2.27. The Morgan fingerprint density at radius 1 is 0.917 bits per heavy atom. The maximum absolute atomic E-state index is 13.4. The maximum atomic E-state index is 13.4. The predicted octanol–water partition coefficient (Wildman–Crippen LogP) is 5.55. The van der Waals surface area contributed by atoms with Gasteiger partial charge in [-0.3, -0.25) is 4.79 Å². The molecule has 0 aliphatic heterocycles. The molecule has 0 amide bonds. The van der Waals surface area contributed by atoms with Gasteiger partial charge in [0.25, 0.3) is 0 Å². The molecule has 2 nitrogen and oxygen atoms in total. The van der Waals surface area contributed by atoms with E-state index in [1.165, 1.54) is 0 Å². The van der Waals surface area contributed by atoms with Crippen molar-refractivity contribution < 1.29 is 23.1 Å². The first-order valence-corrected chi connectivity index (χ1v) is 8.84. The topological polar surface area (TPSA) is 37.3 Å². The average molecular weight is 372 g/mol. The van der Waals surface area contributed by atoms with Crippen molar-refractivity contribution in [3.8, 4) is 0 Å². The number of aliphatic carboxylic acids is 1. The summed E-state index contributed by atoms with van der Waals surface area (Å²) >= 11 is 2.08. The minimum atomic E-state index is -4.59. The molecule has 128 valence electrons. The number of carbonyl (C=O) groups is 1. The third-order valence-electron chi connectivity index (χ3n) is 3.13. The summed E-state index contributed by atoms with van der Waals surface area (Å²) in [5.74, 6) is -3.41. The second-order valence-corrected chi connectivity index (χ2v) is 7.70. The molecule has 24 heavy (non-hydrogen) atoms. The van der Waals surface area contributed by atoms with Crippen molar-refractivity contribution in [2.45, 2.75) is 27.0 Å². The van der Waals surface area contributed by atoms with Crippen LogP contribution in [0, 0.1) is 5.92 Å². The van der Waals surface area contributed by atoms with Gasteiger partial charge < -0.3 is 5.11 Å². The van der Waals surface area contributed by atoms with Gasteiger partial charge in [-0.15, -0.1) is 23.5 Å². The molecule has 0 aliphatic rings. The SMILES string of the molecule is O=C(O)CC(C(Sc1ccccc1)Sc1ccccc1)C(F)(F)F. The minimum absolute atomic E-state index is 0.672.